The Morgan fingerprint density at radius 2 is 1.89 bits per heavy atom. The molecule has 0 spiro atoms. The molecule has 0 amide bonds. The lowest BCUT2D eigenvalue weighted by Gasteiger charge is -2.08. The molecule has 0 atom stereocenters. The highest BCUT2D eigenvalue weighted by Crippen LogP contribution is 2.29. The third-order valence-electron chi connectivity index (χ3n) is 2.18. The van der Waals surface area contributed by atoms with Gasteiger partial charge in [0.1, 0.15) is 0 Å². The van der Waals surface area contributed by atoms with Crippen molar-refractivity contribution in [3.05, 3.63) is 35.4 Å². The first-order chi connectivity index (χ1) is 8.47. The molecule has 1 aromatic carbocycles. The Kier molecular flexibility index (Phi) is 4.96. The monoisotopic (exact) mass is 260 g/mol. The van der Waals surface area contributed by atoms with Crippen LogP contribution in [0.25, 0.3) is 0 Å². The third-order valence-corrected chi connectivity index (χ3v) is 2.18. The molecule has 18 heavy (non-hydrogen) atoms. The molecule has 0 saturated carbocycles. The van der Waals surface area contributed by atoms with Gasteiger partial charge in [-0.25, -0.2) is 10.8 Å². The molecule has 1 aromatic rings. The second kappa shape index (κ2) is 6.25. The molecule has 0 bridgehead atoms. The number of guanidine groups is 1. The molecule has 4 N–H and O–H groups in total. The van der Waals surface area contributed by atoms with Crippen molar-refractivity contribution in [3.63, 3.8) is 0 Å². The molecule has 0 aliphatic heterocycles. The van der Waals surface area contributed by atoms with Gasteiger partial charge in [0.15, 0.2) is 0 Å². The van der Waals surface area contributed by atoms with Crippen LogP contribution in [0, 0.1) is 0 Å². The van der Waals surface area contributed by atoms with E-state index in [1.807, 2.05) is 6.92 Å². The summed E-state index contributed by atoms with van der Waals surface area (Å²) in [5, 5.41) is 2.87. The quantitative estimate of drug-likeness (QED) is 0.335. The van der Waals surface area contributed by atoms with Gasteiger partial charge >= 0.3 is 6.18 Å². The second-order valence-electron chi connectivity index (χ2n) is 3.53. The summed E-state index contributed by atoms with van der Waals surface area (Å²) >= 11 is 0. The van der Waals surface area contributed by atoms with Gasteiger partial charge in [0.05, 0.1) is 12.1 Å². The van der Waals surface area contributed by atoms with Crippen LogP contribution < -0.4 is 16.6 Å². The Hall–Kier alpha value is -1.76. The van der Waals surface area contributed by atoms with Gasteiger partial charge in [-0.1, -0.05) is 12.1 Å². The number of hydrazine groups is 1. The number of alkyl halides is 3. The molecule has 7 heteroatoms. The molecule has 0 heterocycles. The predicted octanol–water partition coefficient (Wildman–Crippen LogP) is 1.63. The van der Waals surface area contributed by atoms with Gasteiger partial charge in [0.2, 0.25) is 5.96 Å². The van der Waals surface area contributed by atoms with Gasteiger partial charge < -0.3 is 5.32 Å². The number of halogens is 3. The summed E-state index contributed by atoms with van der Waals surface area (Å²) in [4.78, 5) is 4.08. The smallest absolute Gasteiger partial charge is 0.356 e. The zero-order valence-corrected chi connectivity index (χ0v) is 9.88. The first kappa shape index (κ1) is 14.3. The number of nitrogens with two attached hydrogens (primary N) is 1. The summed E-state index contributed by atoms with van der Waals surface area (Å²) in [6.07, 6.45) is -4.31. The van der Waals surface area contributed by atoms with E-state index < -0.39 is 11.7 Å². The molecule has 0 aliphatic rings. The SMILES string of the molecule is CCNC(=NCc1ccc(C(F)(F)F)cc1)NN. The molecule has 0 saturated heterocycles. The zero-order chi connectivity index (χ0) is 13.6. The maximum absolute atomic E-state index is 12.3. The van der Waals surface area contributed by atoms with Crippen LogP contribution in [0.3, 0.4) is 0 Å². The average Bonchev–Trinajstić information content (AvgIpc) is 2.34. The standard InChI is InChI=1S/C11H15F3N4/c1-2-16-10(18-15)17-7-8-3-5-9(6-4-8)11(12,13)14/h3-6H,2,7,15H2,1H3,(H2,16,17,18). The minimum absolute atomic E-state index is 0.255. The fourth-order valence-corrected chi connectivity index (χ4v) is 1.29. The Bertz CT molecular complexity index is 398. The summed E-state index contributed by atoms with van der Waals surface area (Å²) < 4.78 is 37.0. The first-order valence-corrected chi connectivity index (χ1v) is 5.38. The van der Waals surface area contributed by atoms with E-state index in [9.17, 15) is 13.2 Å². The Balaban J connectivity index is 2.69. The van der Waals surface area contributed by atoms with Crippen molar-refractivity contribution in [1.82, 2.24) is 10.7 Å². The van der Waals surface area contributed by atoms with E-state index in [1.54, 1.807) is 0 Å². The Labute approximate surface area is 103 Å². The van der Waals surface area contributed by atoms with E-state index in [4.69, 9.17) is 5.84 Å². The van der Waals surface area contributed by atoms with Crippen molar-refractivity contribution >= 4 is 5.96 Å². The van der Waals surface area contributed by atoms with Crippen molar-refractivity contribution < 1.29 is 13.2 Å². The van der Waals surface area contributed by atoms with Crippen LogP contribution in [-0.4, -0.2) is 12.5 Å². The summed E-state index contributed by atoms with van der Waals surface area (Å²) in [5.41, 5.74) is 2.37. The molecule has 0 aliphatic carbocycles. The van der Waals surface area contributed by atoms with Crippen molar-refractivity contribution in [2.45, 2.75) is 19.6 Å². The van der Waals surface area contributed by atoms with Crippen LogP contribution in [0.1, 0.15) is 18.1 Å². The molecule has 4 nitrogen and oxygen atoms in total. The number of benzene rings is 1. The van der Waals surface area contributed by atoms with Crippen LogP contribution >= 0.6 is 0 Å². The number of hydrogen-bond acceptors (Lipinski definition) is 2. The van der Waals surface area contributed by atoms with Crippen molar-refractivity contribution in [1.29, 1.82) is 0 Å². The third kappa shape index (κ3) is 4.25. The molecule has 1 rings (SSSR count). The molecule has 0 fully saturated rings. The lowest BCUT2D eigenvalue weighted by Crippen LogP contribution is -2.41. The molecule has 0 aromatic heterocycles. The summed E-state index contributed by atoms with van der Waals surface area (Å²) in [6.45, 7) is 2.78. The summed E-state index contributed by atoms with van der Waals surface area (Å²) in [6, 6.07) is 4.86. The highest BCUT2D eigenvalue weighted by Gasteiger charge is 2.29. The van der Waals surface area contributed by atoms with E-state index in [1.165, 1.54) is 12.1 Å². The fourth-order valence-electron chi connectivity index (χ4n) is 1.29. The normalized spacial score (nSPS) is 12.4. The largest absolute Gasteiger partial charge is 0.416 e. The number of nitrogens with one attached hydrogen (secondary N) is 2. The van der Waals surface area contributed by atoms with Gasteiger partial charge in [-0.15, -0.1) is 0 Å². The summed E-state index contributed by atoms with van der Waals surface area (Å²) in [5.74, 6) is 5.61. The van der Waals surface area contributed by atoms with Crippen LogP contribution in [0.5, 0.6) is 0 Å². The zero-order valence-electron chi connectivity index (χ0n) is 9.88. The van der Waals surface area contributed by atoms with Crippen molar-refractivity contribution in [2.75, 3.05) is 6.54 Å². The number of hydrogen-bond donors (Lipinski definition) is 3. The number of rotatable bonds is 3. The first-order valence-electron chi connectivity index (χ1n) is 5.38. The van der Waals surface area contributed by atoms with Crippen LogP contribution in [-0.2, 0) is 12.7 Å². The van der Waals surface area contributed by atoms with Crippen LogP contribution in [0.4, 0.5) is 13.2 Å². The number of nitrogens with zero attached hydrogens (tertiary/aromatic N) is 1. The molecule has 0 unspecified atom stereocenters. The van der Waals surface area contributed by atoms with Crippen molar-refractivity contribution in [2.24, 2.45) is 10.8 Å². The summed E-state index contributed by atoms with van der Waals surface area (Å²) in [7, 11) is 0. The minimum atomic E-state index is -4.31. The van der Waals surface area contributed by atoms with E-state index in [2.05, 4.69) is 15.7 Å². The Morgan fingerprint density at radius 3 is 2.33 bits per heavy atom. The van der Waals surface area contributed by atoms with Crippen molar-refractivity contribution in [3.8, 4) is 0 Å². The van der Waals surface area contributed by atoms with Gasteiger partial charge in [-0.3, -0.25) is 5.43 Å². The van der Waals surface area contributed by atoms with E-state index in [0.29, 0.717) is 18.1 Å². The average molecular weight is 260 g/mol. The van der Waals surface area contributed by atoms with E-state index in [-0.39, 0.29) is 6.54 Å². The molecular weight excluding hydrogens is 245 g/mol. The molecule has 100 valence electrons. The lowest BCUT2D eigenvalue weighted by molar-refractivity contribution is -0.137. The highest BCUT2D eigenvalue weighted by molar-refractivity contribution is 5.79. The highest BCUT2D eigenvalue weighted by atomic mass is 19.4. The molecular formula is C11H15F3N4. The maximum Gasteiger partial charge on any atom is 0.416 e. The second-order valence-corrected chi connectivity index (χ2v) is 3.53. The van der Waals surface area contributed by atoms with Gasteiger partial charge in [-0.05, 0) is 24.6 Å². The van der Waals surface area contributed by atoms with E-state index >= 15 is 0 Å². The minimum Gasteiger partial charge on any atom is -0.356 e. The lowest BCUT2D eigenvalue weighted by atomic mass is 10.1. The predicted molar refractivity (Wildman–Crippen MR) is 63.6 cm³/mol. The molecule has 0 radical (unpaired) electrons. The fraction of sp³-hybridized carbons (Fsp3) is 0.364. The van der Waals surface area contributed by atoms with Gasteiger partial charge in [0.25, 0.3) is 0 Å². The van der Waals surface area contributed by atoms with Gasteiger partial charge in [0, 0.05) is 6.54 Å². The topological polar surface area (TPSA) is 62.4 Å². The van der Waals surface area contributed by atoms with E-state index in [0.717, 1.165) is 12.1 Å². The van der Waals surface area contributed by atoms with Gasteiger partial charge in [-0.2, -0.15) is 13.2 Å². The number of aliphatic imine (C=N–C) groups is 1. The Morgan fingerprint density at radius 1 is 1.28 bits per heavy atom. The van der Waals surface area contributed by atoms with Crippen LogP contribution in [0.2, 0.25) is 0 Å². The maximum atomic E-state index is 12.3. The van der Waals surface area contributed by atoms with Crippen LogP contribution in [0.15, 0.2) is 29.3 Å².